The summed E-state index contributed by atoms with van der Waals surface area (Å²) in [4.78, 5) is 23.3. The number of aromatic carboxylic acids is 1. The number of carboxylic acid groups (broad SMARTS) is 1. The molecule has 0 fully saturated rings. The van der Waals surface area contributed by atoms with Crippen LogP contribution in [-0.2, 0) is 0 Å². The van der Waals surface area contributed by atoms with Crippen molar-refractivity contribution in [2.75, 3.05) is 0 Å². The van der Waals surface area contributed by atoms with E-state index in [2.05, 4.69) is 0 Å². The Morgan fingerprint density at radius 2 is 2.16 bits per heavy atom. The van der Waals surface area contributed by atoms with E-state index in [0.29, 0.717) is 22.9 Å². The Labute approximate surface area is 108 Å². The number of hydrogen-bond donors (Lipinski definition) is 2. The summed E-state index contributed by atoms with van der Waals surface area (Å²) in [5, 5.41) is 19.5. The van der Waals surface area contributed by atoms with Gasteiger partial charge in [0.05, 0.1) is 11.6 Å². The number of para-hydroxylation sites is 1. The van der Waals surface area contributed by atoms with Crippen molar-refractivity contribution in [2.45, 2.75) is 25.5 Å². The van der Waals surface area contributed by atoms with Crippen LogP contribution in [-0.4, -0.2) is 20.7 Å². The minimum Gasteiger partial charge on any atom is -0.477 e. The Kier molecular flexibility index (Phi) is 2.46. The fourth-order valence-corrected chi connectivity index (χ4v) is 2.77. The summed E-state index contributed by atoms with van der Waals surface area (Å²) in [6, 6.07) is 5.00. The SMILES string of the molecule is CC1CC(O)c2cccc3c(=O)c(C(=O)O)cn1c23. The van der Waals surface area contributed by atoms with E-state index < -0.39 is 17.5 Å². The molecule has 2 N–H and O–H groups in total. The van der Waals surface area contributed by atoms with Gasteiger partial charge in [-0.05, 0) is 19.4 Å². The summed E-state index contributed by atoms with van der Waals surface area (Å²) in [6.45, 7) is 1.90. The van der Waals surface area contributed by atoms with Crippen molar-refractivity contribution in [3.8, 4) is 0 Å². The third-order valence-corrected chi connectivity index (χ3v) is 3.71. The van der Waals surface area contributed by atoms with Crippen LogP contribution in [0.1, 0.15) is 41.4 Å². The van der Waals surface area contributed by atoms with Gasteiger partial charge in [0.15, 0.2) is 0 Å². The molecule has 1 aliphatic heterocycles. The van der Waals surface area contributed by atoms with E-state index in [1.165, 1.54) is 6.20 Å². The Morgan fingerprint density at radius 1 is 1.42 bits per heavy atom. The molecule has 1 aromatic carbocycles. The Hall–Kier alpha value is -2.14. The first-order valence-corrected chi connectivity index (χ1v) is 6.10. The zero-order chi connectivity index (χ0) is 13.7. The molecule has 1 aromatic heterocycles. The second kappa shape index (κ2) is 3.93. The van der Waals surface area contributed by atoms with Gasteiger partial charge < -0.3 is 14.8 Å². The summed E-state index contributed by atoms with van der Waals surface area (Å²) in [7, 11) is 0. The van der Waals surface area contributed by atoms with E-state index in [1.807, 2.05) is 6.92 Å². The molecule has 1 aliphatic rings. The monoisotopic (exact) mass is 259 g/mol. The van der Waals surface area contributed by atoms with Crippen molar-refractivity contribution in [2.24, 2.45) is 0 Å². The topological polar surface area (TPSA) is 79.5 Å². The molecule has 19 heavy (non-hydrogen) atoms. The lowest BCUT2D eigenvalue weighted by Gasteiger charge is -2.29. The normalized spacial score (nSPS) is 21.6. The number of nitrogens with zero attached hydrogens (tertiary/aromatic N) is 1. The zero-order valence-corrected chi connectivity index (χ0v) is 10.3. The van der Waals surface area contributed by atoms with Crippen LogP contribution in [0.5, 0.6) is 0 Å². The van der Waals surface area contributed by atoms with Crippen LogP contribution >= 0.6 is 0 Å². The molecule has 0 radical (unpaired) electrons. The quantitative estimate of drug-likeness (QED) is 0.816. The van der Waals surface area contributed by atoms with E-state index in [9.17, 15) is 14.7 Å². The lowest BCUT2D eigenvalue weighted by atomic mass is 9.94. The predicted molar refractivity (Wildman–Crippen MR) is 69.5 cm³/mol. The first-order valence-electron chi connectivity index (χ1n) is 6.10. The Balaban J connectivity index is 2.52. The number of pyridine rings is 1. The number of carbonyl (C=O) groups is 1. The molecular weight excluding hydrogens is 246 g/mol. The number of hydrogen-bond acceptors (Lipinski definition) is 3. The molecule has 5 heteroatoms. The molecule has 2 unspecified atom stereocenters. The molecule has 2 atom stereocenters. The summed E-state index contributed by atoms with van der Waals surface area (Å²) in [5.74, 6) is -1.22. The smallest absolute Gasteiger partial charge is 0.341 e. The van der Waals surface area contributed by atoms with E-state index >= 15 is 0 Å². The fraction of sp³-hybridized carbons (Fsp3) is 0.286. The minimum absolute atomic E-state index is 0.0499. The van der Waals surface area contributed by atoms with Gasteiger partial charge in [0.25, 0.3) is 0 Å². The van der Waals surface area contributed by atoms with E-state index in [1.54, 1.807) is 22.8 Å². The maximum atomic E-state index is 12.2. The first kappa shape index (κ1) is 11.9. The van der Waals surface area contributed by atoms with E-state index in [0.717, 1.165) is 0 Å². The predicted octanol–water partition coefficient (Wildman–Crippen LogP) is 1.70. The third-order valence-electron chi connectivity index (χ3n) is 3.71. The van der Waals surface area contributed by atoms with Gasteiger partial charge in [-0.3, -0.25) is 4.79 Å². The van der Waals surface area contributed by atoms with Gasteiger partial charge in [-0.1, -0.05) is 12.1 Å². The number of benzene rings is 1. The van der Waals surface area contributed by atoms with Crippen molar-refractivity contribution in [3.05, 3.63) is 45.7 Å². The molecule has 0 bridgehead atoms. The number of aliphatic hydroxyl groups excluding tert-OH is 1. The average molecular weight is 259 g/mol. The highest BCUT2D eigenvalue weighted by atomic mass is 16.4. The molecule has 0 amide bonds. The second-order valence-corrected chi connectivity index (χ2v) is 4.93. The summed E-state index contributed by atoms with van der Waals surface area (Å²) in [6.07, 6.45) is 1.27. The van der Waals surface area contributed by atoms with Crippen molar-refractivity contribution in [1.29, 1.82) is 0 Å². The number of rotatable bonds is 1. The lowest BCUT2D eigenvalue weighted by molar-refractivity contribution is 0.0694. The summed E-state index contributed by atoms with van der Waals surface area (Å²) >= 11 is 0. The second-order valence-electron chi connectivity index (χ2n) is 4.93. The van der Waals surface area contributed by atoms with Gasteiger partial charge in [-0.25, -0.2) is 4.79 Å². The molecule has 3 rings (SSSR count). The van der Waals surface area contributed by atoms with Crippen LogP contribution in [0, 0.1) is 0 Å². The van der Waals surface area contributed by atoms with Crippen LogP contribution in [0.2, 0.25) is 0 Å². The molecule has 2 heterocycles. The van der Waals surface area contributed by atoms with Gasteiger partial charge in [0.1, 0.15) is 5.56 Å². The van der Waals surface area contributed by atoms with Crippen molar-refractivity contribution < 1.29 is 15.0 Å². The molecule has 5 nitrogen and oxygen atoms in total. The van der Waals surface area contributed by atoms with Crippen LogP contribution in [0.25, 0.3) is 10.9 Å². The number of aliphatic hydroxyl groups is 1. The van der Waals surface area contributed by atoms with Crippen molar-refractivity contribution in [1.82, 2.24) is 4.57 Å². The van der Waals surface area contributed by atoms with Crippen LogP contribution in [0.15, 0.2) is 29.2 Å². The first-order chi connectivity index (χ1) is 9.00. The molecule has 98 valence electrons. The molecular formula is C14H13NO4. The van der Waals surface area contributed by atoms with Gasteiger partial charge in [0, 0.05) is 23.2 Å². The largest absolute Gasteiger partial charge is 0.477 e. The third kappa shape index (κ3) is 1.58. The fourth-order valence-electron chi connectivity index (χ4n) is 2.77. The maximum Gasteiger partial charge on any atom is 0.341 e. The number of carboxylic acids is 1. The van der Waals surface area contributed by atoms with E-state index in [4.69, 9.17) is 5.11 Å². The van der Waals surface area contributed by atoms with Crippen molar-refractivity contribution in [3.63, 3.8) is 0 Å². The highest BCUT2D eigenvalue weighted by Crippen LogP contribution is 2.35. The van der Waals surface area contributed by atoms with Crippen molar-refractivity contribution >= 4 is 16.9 Å². The van der Waals surface area contributed by atoms with Crippen LogP contribution < -0.4 is 5.43 Å². The Bertz CT molecular complexity index is 747. The van der Waals surface area contributed by atoms with Gasteiger partial charge in [-0.15, -0.1) is 0 Å². The minimum atomic E-state index is -1.22. The van der Waals surface area contributed by atoms with Crippen LogP contribution in [0.3, 0.4) is 0 Å². The Morgan fingerprint density at radius 3 is 2.84 bits per heavy atom. The molecule has 0 aliphatic carbocycles. The van der Waals surface area contributed by atoms with Gasteiger partial charge in [-0.2, -0.15) is 0 Å². The standard InChI is InChI=1S/C14H13NO4/c1-7-5-11(16)8-3-2-4-9-12(8)15(7)6-10(13(9)17)14(18)19/h2-4,6-7,11,16H,5H2,1H3,(H,18,19). The number of aromatic nitrogens is 1. The average Bonchev–Trinajstić information content (AvgIpc) is 2.37. The molecule has 2 aromatic rings. The molecule has 0 saturated heterocycles. The molecule has 0 spiro atoms. The van der Waals surface area contributed by atoms with Crippen LogP contribution in [0.4, 0.5) is 0 Å². The van der Waals surface area contributed by atoms with Gasteiger partial charge >= 0.3 is 5.97 Å². The lowest BCUT2D eigenvalue weighted by Crippen LogP contribution is -2.25. The van der Waals surface area contributed by atoms with Gasteiger partial charge in [0.2, 0.25) is 5.43 Å². The highest BCUT2D eigenvalue weighted by molar-refractivity contribution is 5.93. The highest BCUT2D eigenvalue weighted by Gasteiger charge is 2.26. The summed E-state index contributed by atoms with van der Waals surface area (Å²) < 4.78 is 1.78. The summed E-state index contributed by atoms with van der Waals surface area (Å²) in [5.41, 5.74) is 0.600. The molecule has 0 saturated carbocycles. The maximum absolute atomic E-state index is 12.2. The zero-order valence-electron chi connectivity index (χ0n) is 10.3. The van der Waals surface area contributed by atoms with E-state index in [-0.39, 0.29) is 11.6 Å².